The van der Waals surface area contributed by atoms with Gasteiger partial charge in [-0.15, -0.1) is 0 Å². The Morgan fingerprint density at radius 2 is 2.06 bits per heavy atom. The topological polar surface area (TPSA) is 68.7 Å². The zero-order valence-electron chi connectivity index (χ0n) is 18.6. The number of carbonyl (C=O) groups is 1. The maximum Gasteiger partial charge on any atom is 0.356 e. The predicted molar refractivity (Wildman–Crippen MR) is 126 cm³/mol. The van der Waals surface area contributed by atoms with Crippen LogP contribution in [0.4, 0.5) is 0 Å². The first-order valence-electron chi connectivity index (χ1n) is 10.3. The van der Waals surface area contributed by atoms with E-state index in [1.54, 1.807) is 20.1 Å². The van der Waals surface area contributed by atoms with E-state index in [9.17, 15) is 9.00 Å². The summed E-state index contributed by atoms with van der Waals surface area (Å²) in [5.74, 6) is -0.453. The minimum atomic E-state index is -1.24. The van der Waals surface area contributed by atoms with Crippen LogP contribution in [0.3, 0.4) is 0 Å². The van der Waals surface area contributed by atoms with Crippen molar-refractivity contribution in [3.8, 4) is 11.3 Å². The summed E-state index contributed by atoms with van der Waals surface area (Å²) in [7, 11) is 0.427. The van der Waals surface area contributed by atoms with Crippen LogP contribution >= 0.6 is 15.9 Å². The quantitative estimate of drug-likeness (QED) is 0.489. The highest BCUT2D eigenvalue weighted by molar-refractivity contribution is 9.10. The molecule has 1 aromatic heterocycles. The number of aromatic nitrogens is 1. The first-order chi connectivity index (χ1) is 14.7. The van der Waals surface area contributed by atoms with Crippen LogP contribution in [-0.4, -0.2) is 44.5 Å². The number of rotatable bonds is 7. The normalized spacial score (nSPS) is 17.4. The standard InChI is InChI=1S/C23H29BrN2O4S/c1-6-30-22(27)18-13-16-14-26(31(28)23(2,3)4)19(10-11-29-5)20(16)21(25-18)15-8-7-9-17(24)12-15/h7-9,12-13,19H,6,10-11,14H2,1-5H3/t19-,31-/m1/s1. The minimum Gasteiger partial charge on any atom is -0.461 e. The van der Waals surface area contributed by atoms with Gasteiger partial charge in [-0.05, 0) is 57.9 Å². The molecule has 2 heterocycles. The number of benzene rings is 1. The largest absolute Gasteiger partial charge is 0.461 e. The van der Waals surface area contributed by atoms with E-state index in [4.69, 9.17) is 14.5 Å². The number of hydrogen-bond donors (Lipinski definition) is 0. The molecule has 0 unspecified atom stereocenters. The van der Waals surface area contributed by atoms with Crippen LogP contribution < -0.4 is 0 Å². The molecule has 1 aliphatic heterocycles. The number of fused-ring (bicyclic) bond motifs is 1. The second kappa shape index (κ2) is 9.90. The lowest BCUT2D eigenvalue weighted by molar-refractivity contribution is 0.0519. The van der Waals surface area contributed by atoms with Gasteiger partial charge in [0, 0.05) is 35.9 Å². The summed E-state index contributed by atoms with van der Waals surface area (Å²) in [4.78, 5) is 17.3. The van der Waals surface area contributed by atoms with Crippen molar-refractivity contribution in [2.45, 2.75) is 51.4 Å². The lowest BCUT2D eigenvalue weighted by Crippen LogP contribution is -2.37. The highest BCUT2D eigenvalue weighted by atomic mass is 79.9. The van der Waals surface area contributed by atoms with E-state index >= 15 is 0 Å². The van der Waals surface area contributed by atoms with Crippen LogP contribution in [0, 0.1) is 0 Å². The third-order valence-corrected chi connectivity index (χ3v) is 7.42. The number of methoxy groups -OCH3 is 1. The van der Waals surface area contributed by atoms with E-state index in [1.807, 2.05) is 49.3 Å². The Labute approximate surface area is 195 Å². The zero-order valence-corrected chi connectivity index (χ0v) is 21.0. The monoisotopic (exact) mass is 508 g/mol. The molecular weight excluding hydrogens is 480 g/mol. The van der Waals surface area contributed by atoms with Crippen molar-refractivity contribution < 1.29 is 18.5 Å². The summed E-state index contributed by atoms with van der Waals surface area (Å²) in [5, 5.41) is 0. The van der Waals surface area contributed by atoms with E-state index in [0.717, 1.165) is 26.9 Å². The first-order valence-corrected chi connectivity index (χ1v) is 12.2. The van der Waals surface area contributed by atoms with E-state index in [2.05, 4.69) is 15.9 Å². The van der Waals surface area contributed by atoms with Crippen LogP contribution in [-0.2, 0) is 27.0 Å². The summed E-state index contributed by atoms with van der Waals surface area (Å²) in [6, 6.07) is 9.49. The number of pyridine rings is 1. The van der Waals surface area contributed by atoms with Gasteiger partial charge in [0.1, 0.15) is 16.7 Å². The molecule has 0 bridgehead atoms. The Morgan fingerprint density at radius 1 is 1.32 bits per heavy atom. The van der Waals surface area contributed by atoms with Gasteiger partial charge in [-0.3, -0.25) is 0 Å². The van der Waals surface area contributed by atoms with Gasteiger partial charge in [-0.25, -0.2) is 18.3 Å². The van der Waals surface area contributed by atoms with Crippen molar-refractivity contribution in [2.24, 2.45) is 0 Å². The van der Waals surface area contributed by atoms with Gasteiger partial charge in [-0.2, -0.15) is 0 Å². The van der Waals surface area contributed by atoms with Gasteiger partial charge in [0.15, 0.2) is 0 Å². The number of nitrogens with zero attached hydrogens (tertiary/aromatic N) is 2. The van der Waals surface area contributed by atoms with Gasteiger partial charge in [0.05, 0.1) is 23.1 Å². The molecule has 0 radical (unpaired) electrons. The fourth-order valence-corrected chi connectivity index (χ4v) is 5.54. The summed E-state index contributed by atoms with van der Waals surface area (Å²) < 4.78 is 26.5. The second-order valence-electron chi connectivity index (χ2n) is 8.39. The van der Waals surface area contributed by atoms with E-state index in [-0.39, 0.29) is 18.3 Å². The number of esters is 1. The Kier molecular flexibility index (Phi) is 7.68. The Balaban J connectivity index is 2.20. The van der Waals surface area contributed by atoms with Crippen molar-refractivity contribution in [3.05, 3.63) is 51.6 Å². The van der Waals surface area contributed by atoms with E-state index in [0.29, 0.717) is 19.6 Å². The molecule has 2 atom stereocenters. The predicted octanol–water partition coefficient (Wildman–Crippen LogP) is 5.04. The van der Waals surface area contributed by atoms with Crippen molar-refractivity contribution in [1.82, 2.24) is 9.29 Å². The molecule has 2 aromatic rings. The van der Waals surface area contributed by atoms with Gasteiger partial charge in [0.2, 0.25) is 0 Å². The zero-order chi connectivity index (χ0) is 22.8. The fraction of sp³-hybridized carbons (Fsp3) is 0.478. The van der Waals surface area contributed by atoms with Crippen molar-refractivity contribution in [3.63, 3.8) is 0 Å². The van der Waals surface area contributed by atoms with Crippen LogP contribution in [0.25, 0.3) is 11.3 Å². The maximum atomic E-state index is 13.4. The van der Waals surface area contributed by atoms with Crippen LogP contribution in [0.15, 0.2) is 34.8 Å². The fourth-order valence-electron chi connectivity index (χ4n) is 3.74. The number of carbonyl (C=O) groups excluding carboxylic acids is 1. The number of hydrogen-bond acceptors (Lipinski definition) is 5. The summed E-state index contributed by atoms with van der Waals surface area (Å²) in [6.45, 7) is 8.96. The molecular formula is C23H29BrN2O4S. The summed E-state index contributed by atoms with van der Waals surface area (Å²) >= 11 is 3.53. The highest BCUT2D eigenvalue weighted by Crippen LogP contribution is 2.44. The molecule has 1 aromatic carbocycles. The van der Waals surface area contributed by atoms with Gasteiger partial charge < -0.3 is 9.47 Å². The molecule has 0 spiro atoms. The lowest BCUT2D eigenvalue weighted by Gasteiger charge is -2.30. The third-order valence-electron chi connectivity index (χ3n) is 5.07. The average molecular weight is 509 g/mol. The Bertz CT molecular complexity index is 990. The smallest absolute Gasteiger partial charge is 0.356 e. The third kappa shape index (κ3) is 5.25. The number of ether oxygens (including phenoxy) is 2. The number of halogens is 1. The Hall–Kier alpha value is -1.61. The Morgan fingerprint density at radius 3 is 2.68 bits per heavy atom. The summed E-state index contributed by atoms with van der Waals surface area (Å²) in [5.41, 5.74) is 3.83. The molecule has 1 aliphatic rings. The van der Waals surface area contributed by atoms with Crippen molar-refractivity contribution >= 4 is 32.9 Å². The molecule has 0 aliphatic carbocycles. The minimum absolute atomic E-state index is 0.132. The molecule has 31 heavy (non-hydrogen) atoms. The SMILES string of the molecule is CCOC(=O)c1cc2c(c(-c3cccc(Br)c3)n1)[C@@H](CCOC)N([S@](=O)C(C)(C)C)C2. The molecule has 8 heteroatoms. The van der Waals surface area contributed by atoms with Gasteiger partial charge in [0.25, 0.3) is 0 Å². The van der Waals surface area contributed by atoms with E-state index in [1.165, 1.54) is 0 Å². The highest BCUT2D eigenvalue weighted by Gasteiger charge is 2.40. The van der Waals surface area contributed by atoms with Crippen molar-refractivity contribution in [1.29, 1.82) is 0 Å². The van der Waals surface area contributed by atoms with Crippen LogP contribution in [0.1, 0.15) is 61.8 Å². The van der Waals surface area contributed by atoms with Crippen LogP contribution in [0.5, 0.6) is 0 Å². The molecule has 0 saturated heterocycles. The average Bonchev–Trinajstić information content (AvgIpc) is 3.08. The molecule has 0 amide bonds. The van der Waals surface area contributed by atoms with E-state index < -0.39 is 21.7 Å². The van der Waals surface area contributed by atoms with Gasteiger partial charge in [-0.1, -0.05) is 28.1 Å². The summed E-state index contributed by atoms with van der Waals surface area (Å²) in [6.07, 6.45) is 0.673. The van der Waals surface area contributed by atoms with Gasteiger partial charge >= 0.3 is 5.97 Å². The molecule has 168 valence electrons. The molecule has 0 fully saturated rings. The molecule has 0 N–H and O–H groups in total. The van der Waals surface area contributed by atoms with Crippen LogP contribution in [0.2, 0.25) is 0 Å². The molecule has 0 saturated carbocycles. The molecule has 6 nitrogen and oxygen atoms in total. The van der Waals surface area contributed by atoms with Crippen molar-refractivity contribution in [2.75, 3.05) is 20.3 Å². The first kappa shape index (κ1) is 24.0. The maximum absolute atomic E-state index is 13.4. The second-order valence-corrected chi connectivity index (χ2v) is 11.5. The lowest BCUT2D eigenvalue weighted by atomic mass is 9.96. The molecule has 3 rings (SSSR count).